The van der Waals surface area contributed by atoms with Crippen LogP contribution in [0.2, 0.25) is 0 Å². The number of hydrogen-bond donors (Lipinski definition) is 0. The lowest BCUT2D eigenvalue weighted by atomic mass is 9.82. The van der Waals surface area contributed by atoms with Gasteiger partial charge in [0, 0.05) is 6.54 Å². The first kappa shape index (κ1) is 10.5. The number of carbonyl (C=O) groups is 1. The molecule has 1 saturated heterocycles. The summed E-state index contributed by atoms with van der Waals surface area (Å²) in [6.45, 7) is 3.98. The Bertz CT molecular complexity index is 189. The predicted octanol–water partition coefficient (Wildman–Crippen LogP) is 1.28. The topological polar surface area (TPSA) is 29.5 Å². The van der Waals surface area contributed by atoms with Crippen molar-refractivity contribution in [1.29, 1.82) is 0 Å². The van der Waals surface area contributed by atoms with Crippen LogP contribution in [0, 0.1) is 5.41 Å². The highest BCUT2D eigenvalue weighted by atomic mass is 16.5. The van der Waals surface area contributed by atoms with Crippen LogP contribution in [-0.2, 0) is 9.53 Å². The van der Waals surface area contributed by atoms with E-state index in [0.29, 0.717) is 0 Å². The normalized spacial score (nSPS) is 29.2. The minimum atomic E-state index is -0.210. The third-order valence-corrected chi connectivity index (χ3v) is 2.89. The Hall–Kier alpha value is -0.570. The molecule has 3 nitrogen and oxygen atoms in total. The summed E-state index contributed by atoms with van der Waals surface area (Å²) < 4.78 is 4.87. The fourth-order valence-electron chi connectivity index (χ4n) is 2.25. The van der Waals surface area contributed by atoms with Gasteiger partial charge in [0.2, 0.25) is 0 Å². The van der Waals surface area contributed by atoms with Gasteiger partial charge in [-0.15, -0.1) is 0 Å². The minimum absolute atomic E-state index is 0.0290. The van der Waals surface area contributed by atoms with Crippen molar-refractivity contribution in [2.45, 2.75) is 26.2 Å². The van der Waals surface area contributed by atoms with Crippen LogP contribution in [0.4, 0.5) is 0 Å². The van der Waals surface area contributed by atoms with Crippen molar-refractivity contribution >= 4 is 5.97 Å². The fourth-order valence-corrected chi connectivity index (χ4v) is 2.25. The maximum Gasteiger partial charge on any atom is 0.313 e. The third kappa shape index (κ3) is 2.02. The molecule has 1 atom stereocenters. The molecule has 0 saturated carbocycles. The van der Waals surface area contributed by atoms with Crippen molar-refractivity contribution in [2.75, 3.05) is 27.2 Å². The van der Waals surface area contributed by atoms with Gasteiger partial charge in [-0.25, -0.2) is 0 Å². The van der Waals surface area contributed by atoms with Gasteiger partial charge in [-0.3, -0.25) is 4.79 Å². The first-order chi connectivity index (χ1) is 6.14. The average Bonchev–Trinajstić information content (AvgIpc) is 2.48. The van der Waals surface area contributed by atoms with E-state index in [2.05, 4.69) is 18.9 Å². The molecule has 0 N–H and O–H groups in total. The van der Waals surface area contributed by atoms with E-state index in [1.807, 2.05) is 0 Å². The number of esters is 1. The van der Waals surface area contributed by atoms with Gasteiger partial charge in [0.25, 0.3) is 0 Å². The highest BCUT2D eigenvalue weighted by Crippen LogP contribution is 2.35. The Labute approximate surface area is 80.1 Å². The Morgan fingerprint density at radius 3 is 2.69 bits per heavy atom. The van der Waals surface area contributed by atoms with E-state index in [4.69, 9.17) is 4.74 Å². The summed E-state index contributed by atoms with van der Waals surface area (Å²) in [5.41, 5.74) is -0.210. The standard InChI is InChI=1S/C10H19NO2/c1-4-5-10(9(12)13-3)6-7-11(2)8-10/h4-8H2,1-3H3. The lowest BCUT2D eigenvalue weighted by Crippen LogP contribution is -2.34. The van der Waals surface area contributed by atoms with E-state index in [1.165, 1.54) is 7.11 Å². The van der Waals surface area contributed by atoms with Gasteiger partial charge in [-0.1, -0.05) is 13.3 Å². The zero-order valence-electron chi connectivity index (χ0n) is 8.80. The van der Waals surface area contributed by atoms with Crippen LogP contribution < -0.4 is 0 Å². The molecule has 1 fully saturated rings. The van der Waals surface area contributed by atoms with Gasteiger partial charge >= 0.3 is 5.97 Å². The summed E-state index contributed by atoms with van der Waals surface area (Å²) >= 11 is 0. The van der Waals surface area contributed by atoms with Gasteiger partial charge in [-0.2, -0.15) is 0 Å². The first-order valence-corrected chi connectivity index (χ1v) is 4.91. The van der Waals surface area contributed by atoms with Crippen LogP contribution in [0.25, 0.3) is 0 Å². The summed E-state index contributed by atoms with van der Waals surface area (Å²) in [7, 11) is 3.54. The molecule has 0 bridgehead atoms. The zero-order valence-corrected chi connectivity index (χ0v) is 8.80. The van der Waals surface area contributed by atoms with Gasteiger partial charge in [0.1, 0.15) is 0 Å². The Balaban J connectivity index is 2.70. The molecule has 3 heteroatoms. The number of nitrogens with zero attached hydrogens (tertiary/aromatic N) is 1. The molecule has 13 heavy (non-hydrogen) atoms. The summed E-state index contributed by atoms with van der Waals surface area (Å²) in [5.74, 6) is -0.0290. The second-order valence-electron chi connectivity index (χ2n) is 4.01. The molecule has 1 aliphatic heterocycles. The van der Waals surface area contributed by atoms with Crippen molar-refractivity contribution < 1.29 is 9.53 Å². The van der Waals surface area contributed by atoms with Gasteiger partial charge < -0.3 is 9.64 Å². The SMILES string of the molecule is CCCC1(C(=O)OC)CCN(C)C1. The van der Waals surface area contributed by atoms with E-state index < -0.39 is 0 Å². The van der Waals surface area contributed by atoms with Crippen molar-refractivity contribution in [3.8, 4) is 0 Å². The second-order valence-corrected chi connectivity index (χ2v) is 4.01. The molecular formula is C10H19NO2. The van der Waals surface area contributed by atoms with Gasteiger partial charge in [0.15, 0.2) is 0 Å². The predicted molar refractivity (Wildman–Crippen MR) is 51.5 cm³/mol. The van der Waals surface area contributed by atoms with Gasteiger partial charge in [-0.05, 0) is 26.4 Å². The maximum atomic E-state index is 11.6. The van der Waals surface area contributed by atoms with Crippen LogP contribution in [0.3, 0.4) is 0 Å². The quantitative estimate of drug-likeness (QED) is 0.620. The second kappa shape index (κ2) is 4.09. The van der Waals surface area contributed by atoms with E-state index in [9.17, 15) is 4.79 Å². The van der Waals surface area contributed by atoms with E-state index in [-0.39, 0.29) is 11.4 Å². The van der Waals surface area contributed by atoms with Crippen LogP contribution in [0.15, 0.2) is 0 Å². The van der Waals surface area contributed by atoms with Crippen LogP contribution in [0.5, 0.6) is 0 Å². The summed E-state index contributed by atoms with van der Waals surface area (Å²) in [6, 6.07) is 0. The van der Waals surface area contributed by atoms with E-state index in [0.717, 1.165) is 32.4 Å². The van der Waals surface area contributed by atoms with Crippen LogP contribution >= 0.6 is 0 Å². The molecular weight excluding hydrogens is 166 g/mol. The molecule has 0 aliphatic carbocycles. The molecule has 1 unspecified atom stereocenters. The monoisotopic (exact) mass is 185 g/mol. The highest BCUT2D eigenvalue weighted by Gasteiger charge is 2.43. The van der Waals surface area contributed by atoms with Crippen LogP contribution in [-0.4, -0.2) is 38.1 Å². The summed E-state index contributed by atoms with van der Waals surface area (Å²) in [4.78, 5) is 13.8. The Kier molecular flexibility index (Phi) is 3.31. The number of rotatable bonds is 3. The molecule has 0 aromatic carbocycles. The summed E-state index contributed by atoms with van der Waals surface area (Å²) in [6.07, 6.45) is 2.94. The zero-order chi connectivity index (χ0) is 9.90. The smallest absolute Gasteiger partial charge is 0.313 e. The number of carbonyl (C=O) groups excluding carboxylic acids is 1. The van der Waals surface area contributed by atoms with Crippen molar-refractivity contribution in [3.63, 3.8) is 0 Å². The molecule has 0 spiro atoms. The van der Waals surface area contributed by atoms with E-state index in [1.54, 1.807) is 0 Å². The lowest BCUT2D eigenvalue weighted by Gasteiger charge is -2.25. The maximum absolute atomic E-state index is 11.6. The minimum Gasteiger partial charge on any atom is -0.469 e. The molecule has 0 amide bonds. The van der Waals surface area contributed by atoms with Crippen molar-refractivity contribution in [2.24, 2.45) is 5.41 Å². The molecule has 76 valence electrons. The lowest BCUT2D eigenvalue weighted by molar-refractivity contribution is -0.152. The number of hydrogen-bond acceptors (Lipinski definition) is 3. The van der Waals surface area contributed by atoms with Crippen molar-refractivity contribution in [3.05, 3.63) is 0 Å². The number of ether oxygens (including phenoxy) is 1. The number of methoxy groups -OCH3 is 1. The third-order valence-electron chi connectivity index (χ3n) is 2.89. The van der Waals surface area contributed by atoms with Gasteiger partial charge in [0.05, 0.1) is 12.5 Å². The molecule has 1 aliphatic rings. The fraction of sp³-hybridized carbons (Fsp3) is 0.900. The largest absolute Gasteiger partial charge is 0.469 e. The molecule has 1 rings (SSSR count). The summed E-state index contributed by atoms with van der Waals surface area (Å²) in [5, 5.41) is 0. The molecule has 1 heterocycles. The molecule has 0 radical (unpaired) electrons. The highest BCUT2D eigenvalue weighted by molar-refractivity contribution is 5.77. The number of likely N-dealkylation sites (tertiary alicyclic amines) is 1. The van der Waals surface area contributed by atoms with Crippen molar-refractivity contribution in [1.82, 2.24) is 4.90 Å². The van der Waals surface area contributed by atoms with Crippen LogP contribution in [0.1, 0.15) is 26.2 Å². The van der Waals surface area contributed by atoms with E-state index >= 15 is 0 Å². The first-order valence-electron chi connectivity index (χ1n) is 4.91. The Morgan fingerprint density at radius 2 is 2.31 bits per heavy atom. The molecule has 0 aromatic heterocycles. The molecule has 0 aromatic rings. The Morgan fingerprint density at radius 1 is 1.62 bits per heavy atom. The average molecular weight is 185 g/mol.